The highest BCUT2D eigenvalue weighted by atomic mass is 35.5. The van der Waals surface area contributed by atoms with Gasteiger partial charge in [0.25, 0.3) is 0 Å². The van der Waals surface area contributed by atoms with Crippen LogP contribution >= 0.6 is 11.6 Å². The summed E-state index contributed by atoms with van der Waals surface area (Å²) in [6.07, 6.45) is 3.53. The molecule has 0 saturated heterocycles. The van der Waals surface area contributed by atoms with E-state index in [1.807, 2.05) is 91.1 Å². The predicted octanol–water partition coefficient (Wildman–Crippen LogP) is 6.19. The van der Waals surface area contributed by atoms with E-state index in [1.165, 1.54) is 0 Å². The molecule has 0 radical (unpaired) electrons. The average Bonchev–Trinajstić information content (AvgIpc) is 3.55. The van der Waals surface area contributed by atoms with Crippen LogP contribution in [0.3, 0.4) is 0 Å². The maximum absolute atomic E-state index is 13.6. The Labute approximate surface area is 212 Å². The van der Waals surface area contributed by atoms with Crippen LogP contribution in [0, 0.1) is 0 Å². The first-order valence-electron chi connectivity index (χ1n) is 11.5. The number of imidazole rings is 1. The molecular formula is C29H20ClN5O. The Hall–Kier alpha value is -4.55. The van der Waals surface area contributed by atoms with Gasteiger partial charge in [-0.2, -0.15) is 0 Å². The first-order valence-corrected chi connectivity index (χ1v) is 11.9. The lowest BCUT2D eigenvalue weighted by Crippen LogP contribution is -2.07. The van der Waals surface area contributed by atoms with Crippen LogP contribution in [0.25, 0.3) is 28.0 Å². The smallest absolute Gasteiger partial charge is 0.233 e. The molecule has 0 aliphatic heterocycles. The van der Waals surface area contributed by atoms with E-state index in [9.17, 15) is 4.79 Å². The molecule has 3 aromatic carbocycles. The number of benzene rings is 3. The first kappa shape index (κ1) is 21.9. The summed E-state index contributed by atoms with van der Waals surface area (Å²) in [4.78, 5) is 18.3. The molecule has 6 nitrogen and oxygen atoms in total. The van der Waals surface area contributed by atoms with Crippen molar-refractivity contribution in [3.05, 3.63) is 131 Å². The summed E-state index contributed by atoms with van der Waals surface area (Å²) in [5, 5.41) is 9.12. The minimum atomic E-state index is -0.225. The lowest BCUT2D eigenvalue weighted by Gasteiger charge is -2.05. The van der Waals surface area contributed by atoms with E-state index in [2.05, 4.69) is 22.4 Å². The van der Waals surface area contributed by atoms with Gasteiger partial charge in [0.15, 0.2) is 5.69 Å². The molecule has 0 atom stereocenters. The van der Waals surface area contributed by atoms with Gasteiger partial charge in [-0.15, -0.1) is 5.10 Å². The zero-order chi connectivity index (χ0) is 24.5. The Kier molecular flexibility index (Phi) is 5.64. The Bertz CT molecular complexity index is 1670. The molecule has 0 N–H and O–H groups in total. The number of aromatic nitrogens is 5. The zero-order valence-corrected chi connectivity index (χ0v) is 19.9. The van der Waals surface area contributed by atoms with Crippen molar-refractivity contribution < 1.29 is 4.79 Å². The molecule has 0 aliphatic carbocycles. The van der Waals surface area contributed by atoms with Crippen molar-refractivity contribution in [3.63, 3.8) is 0 Å². The van der Waals surface area contributed by atoms with Crippen LogP contribution in [0.15, 0.2) is 109 Å². The Morgan fingerprint density at radius 2 is 1.47 bits per heavy atom. The molecule has 3 aromatic heterocycles. The van der Waals surface area contributed by atoms with E-state index in [-0.39, 0.29) is 11.5 Å². The van der Waals surface area contributed by atoms with Crippen molar-refractivity contribution in [2.75, 3.05) is 0 Å². The van der Waals surface area contributed by atoms with Crippen LogP contribution in [0.2, 0.25) is 5.02 Å². The second-order valence-electron chi connectivity index (χ2n) is 8.44. The number of carbonyl (C=O) groups is 1. The highest BCUT2D eigenvalue weighted by Crippen LogP contribution is 2.26. The van der Waals surface area contributed by atoms with Crippen molar-refractivity contribution in [1.82, 2.24) is 24.4 Å². The third-order valence-electron chi connectivity index (χ3n) is 6.04. The number of rotatable bonds is 6. The fourth-order valence-corrected chi connectivity index (χ4v) is 4.37. The van der Waals surface area contributed by atoms with Gasteiger partial charge in [0, 0.05) is 16.8 Å². The zero-order valence-electron chi connectivity index (χ0n) is 19.1. The molecule has 0 fully saturated rings. The van der Waals surface area contributed by atoms with Crippen LogP contribution in [-0.4, -0.2) is 30.2 Å². The standard InChI is InChI=1S/C29H20ClN5O/c30-24-15-13-22(14-16-24)21-11-9-20(10-12-21)18-34-19-25(32-33-34)29(36)28-27(23-6-2-1-3-7-23)31-26-8-4-5-17-35(26)28/h1-17,19H,18H2. The van der Waals surface area contributed by atoms with Crippen molar-refractivity contribution in [3.8, 4) is 22.4 Å². The van der Waals surface area contributed by atoms with Gasteiger partial charge in [0.05, 0.1) is 12.7 Å². The number of carbonyl (C=O) groups excluding carboxylic acids is 1. The van der Waals surface area contributed by atoms with Crippen LogP contribution in [0.4, 0.5) is 0 Å². The second kappa shape index (κ2) is 9.24. The molecule has 0 saturated carbocycles. The van der Waals surface area contributed by atoms with Crippen LogP contribution in [-0.2, 0) is 6.54 Å². The van der Waals surface area contributed by atoms with Gasteiger partial charge in [-0.05, 0) is 41.0 Å². The minimum absolute atomic E-state index is 0.225. The van der Waals surface area contributed by atoms with Crippen molar-refractivity contribution >= 4 is 23.0 Å². The summed E-state index contributed by atoms with van der Waals surface area (Å²) in [6, 6.07) is 31.3. The number of nitrogens with zero attached hydrogens (tertiary/aromatic N) is 5. The van der Waals surface area contributed by atoms with Crippen molar-refractivity contribution in [2.45, 2.75) is 6.54 Å². The van der Waals surface area contributed by atoms with E-state index in [1.54, 1.807) is 15.3 Å². The highest BCUT2D eigenvalue weighted by molar-refractivity contribution is 6.30. The summed E-state index contributed by atoms with van der Waals surface area (Å²) >= 11 is 6.00. The lowest BCUT2D eigenvalue weighted by molar-refractivity contribution is 0.102. The monoisotopic (exact) mass is 489 g/mol. The predicted molar refractivity (Wildman–Crippen MR) is 140 cm³/mol. The molecule has 0 bridgehead atoms. The van der Waals surface area contributed by atoms with Crippen LogP contribution < -0.4 is 0 Å². The molecule has 7 heteroatoms. The number of fused-ring (bicyclic) bond motifs is 1. The molecule has 6 rings (SSSR count). The van der Waals surface area contributed by atoms with Gasteiger partial charge in [-0.3, -0.25) is 9.20 Å². The van der Waals surface area contributed by atoms with Crippen molar-refractivity contribution in [2.24, 2.45) is 0 Å². The number of pyridine rings is 1. The van der Waals surface area contributed by atoms with Gasteiger partial charge in [-0.25, -0.2) is 9.67 Å². The summed E-state index contributed by atoms with van der Waals surface area (Å²) in [5.41, 5.74) is 6.20. The second-order valence-corrected chi connectivity index (χ2v) is 8.87. The minimum Gasteiger partial charge on any atom is -0.296 e. The SMILES string of the molecule is O=C(c1cn(Cc2ccc(-c3ccc(Cl)cc3)cc2)nn1)c1c(-c2ccccc2)nc2ccccn12. The average molecular weight is 490 g/mol. The maximum atomic E-state index is 13.6. The van der Waals surface area contributed by atoms with E-state index in [4.69, 9.17) is 16.6 Å². The first-order chi connectivity index (χ1) is 17.7. The molecular weight excluding hydrogens is 470 g/mol. The molecule has 0 unspecified atom stereocenters. The summed E-state index contributed by atoms with van der Waals surface area (Å²) in [5.74, 6) is -0.225. The third-order valence-corrected chi connectivity index (χ3v) is 6.29. The largest absolute Gasteiger partial charge is 0.296 e. The number of hydrogen-bond acceptors (Lipinski definition) is 4. The quantitative estimate of drug-likeness (QED) is 0.261. The number of halogens is 1. The summed E-state index contributed by atoms with van der Waals surface area (Å²) < 4.78 is 3.48. The molecule has 0 amide bonds. The number of hydrogen-bond donors (Lipinski definition) is 0. The Morgan fingerprint density at radius 1 is 0.778 bits per heavy atom. The van der Waals surface area contributed by atoms with E-state index < -0.39 is 0 Å². The van der Waals surface area contributed by atoms with E-state index >= 15 is 0 Å². The van der Waals surface area contributed by atoms with Gasteiger partial charge in [0.2, 0.25) is 5.78 Å². The molecule has 174 valence electrons. The van der Waals surface area contributed by atoms with Crippen molar-refractivity contribution in [1.29, 1.82) is 0 Å². The summed E-state index contributed by atoms with van der Waals surface area (Å²) in [7, 11) is 0. The van der Waals surface area contributed by atoms with Gasteiger partial charge >= 0.3 is 0 Å². The molecule has 0 spiro atoms. The molecule has 0 aliphatic rings. The number of ketones is 1. The maximum Gasteiger partial charge on any atom is 0.233 e. The highest BCUT2D eigenvalue weighted by Gasteiger charge is 2.24. The van der Waals surface area contributed by atoms with Gasteiger partial charge < -0.3 is 0 Å². The lowest BCUT2D eigenvalue weighted by atomic mass is 10.0. The normalized spacial score (nSPS) is 11.1. The fourth-order valence-electron chi connectivity index (χ4n) is 4.24. The summed E-state index contributed by atoms with van der Waals surface area (Å²) in [6.45, 7) is 0.500. The topological polar surface area (TPSA) is 65.1 Å². The Balaban J connectivity index is 1.28. The van der Waals surface area contributed by atoms with Crippen LogP contribution in [0.1, 0.15) is 21.7 Å². The fraction of sp³-hybridized carbons (Fsp3) is 0.0345. The third kappa shape index (κ3) is 4.19. The molecule has 36 heavy (non-hydrogen) atoms. The van der Waals surface area contributed by atoms with E-state index in [0.717, 1.165) is 22.3 Å². The van der Waals surface area contributed by atoms with Crippen LogP contribution in [0.5, 0.6) is 0 Å². The van der Waals surface area contributed by atoms with E-state index in [0.29, 0.717) is 28.6 Å². The van der Waals surface area contributed by atoms with Gasteiger partial charge in [0.1, 0.15) is 17.0 Å². The van der Waals surface area contributed by atoms with Gasteiger partial charge in [-0.1, -0.05) is 89.6 Å². The molecule has 6 aromatic rings. The Morgan fingerprint density at radius 3 is 2.22 bits per heavy atom. The molecule has 3 heterocycles.